The fourth-order valence-corrected chi connectivity index (χ4v) is 2.58. The topological polar surface area (TPSA) is 34.1 Å². The number of carbonyl (C=O) groups is 2. The molecule has 25 heavy (non-hydrogen) atoms. The van der Waals surface area contributed by atoms with Crippen molar-refractivity contribution in [3.63, 3.8) is 0 Å². The maximum atomic E-state index is 10.8. The Labute approximate surface area is 163 Å². The second-order valence-electron chi connectivity index (χ2n) is 7.33. The zero-order chi connectivity index (χ0) is 19.3. The summed E-state index contributed by atoms with van der Waals surface area (Å²) in [6.07, 6.45) is 9.21. The molecule has 1 aromatic carbocycles. The summed E-state index contributed by atoms with van der Waals surface area (Å²) in [6.45, 7) is 8.60. The van der Waals surface area contributed by atoms with Gasteiger partial charge in [-0.1, -0.05) is 78.4 Å². The summed E-state index contributed by atoms with van der Waals surface area (Å²) in [5, 5.41) is -0.594. The Morgan fingerprint density at radius 1 is 0.840 bits per heavy atom. The average molecular weight is 387 g/mol. The minimum absolute atomic E-state index is 0.119. The average Bonchev–Trinajstić information content (AvgIpc) is 2.53. The van der Waals surface area contributed by atoms with Crippen molar-refractivity contribution in [3.05, 3.63) is 35.4 Å². The van der Waals surface area contributed by atoms with E-state index >= 15 is 0 Å². The lowest BCUT2D eigenvalue weighted by Crippen LogP contribution is -2.10. The van der Waals surface area contributed by atoms with Crippen molar-refractivity contribution >= 4 is 33.7 Å². The lowest BCUT2D eigenvalue weighted by Gasteiger charge is -2.18. The first-order valence-corrected chi connectivity index (χ1v) is 9.92. The van der Waals surface area contributed by atoms with Crippen LogP contribution in [0.4, 0.5) is 0 Å². The number of benzene rings is 1. The Morgan fingerprint density at radius 3 is 1.72 bits per heavy atom. The molecule has 0 aromatic heterocycles. The van der Waals surface area contributed by atoms with E-state index in [4.69, 9.17) is 23.2 Å². The Hall–Kier alpha value is -0.860. The summed E-state index contributed by atoms with van der Waals surface area (Å²) in [5.41, 5.74) is 1.87. The first-order chi connectivity index (χ1) is 11.7. The fourth-order valence-electron chi connectivity index (χ4n) is 2.32. The van der Waals surface area contributed by atoms with E-state index in [1.165, 1.54) is 37.7 Å². The van der Waals surface area contributed by atoms with E-state index in [0.717, 1.165) is 12.8 Å². The van der Waals surface area contributed by atoms with Gasteiger partial charge in [0.05, 0.1) is 0 Å². The SMILES string of the molecule is CC(C)(C)c1ccc(C(=O)Cl)cc1.CCCCCCCCCC(=O)Cl. The Morgan fingerprint density at radius 2 is 1.32 bits per heavy atom. The van der Waals surface area contributed by atoms with Crippen LogP contribution in [0.2, 0.25) is 0 Å². The van der Waals surface area contributed by atoms with Gasteiger partial charge in [-0.2, -0.15) is 0 Å². The van der Waals surface area contributed by atoms with Crippen LogP contribution in [-0.2, 0) is 10.2 Å². The van der Waals surface area contributed by atoms with Crippen molar-refractivity contribution in [3.8, 4) is 0 Å². The van der Waals surface area contributed by atoms with Gasteiger partial charge in [-0.05, 0) is 52.7 Å². The van der Waals surface area contributed by atoms with Gasteiger partial charge in [0.2, 0.25) is 5.24 Å². The molecule has 0 spiro atoms. The van der Waals surface area contributed by atoms with Crippen molar-refractivity contribution in [2.24, 2.45) is 0 Å². The van der Waals surface area contributed by atoms with Gasteiger partial charge in [-0.3, -0.25) is 9.59 Å². The van der Waals surface area contributed by atoms with Gasteiger partial charge in [0.1, 0.15) is 0 Å². The van der Waals surface area contributed by atoms with Crippen molar-refractivity contribution in [1.29, 1.82) is 0 Å². The largest absolute Gasteiger partial charge is 0.281 e. The van der Waals surface area contributed by atoms with Crippen LogP contribution >= 0.6 is 23.2 Å². The van der Waals surface area contributed by atoms with Crippen LogP contribution in [0.15, 0.2) is 24.3 Å². The normalized spacial score (nSPS) is 10.8. The molecule has 0 fully saturated rings. The maximum Gasteiger partial charge on any atom is 0.252 e. The summed E-state index contributed by atoms with van der Waals surface area (Å²) in [6, 6.07) is 7.40. The third-order valence-corrected chi connectivity index (χ3v) is 4.36. The number of rotatable bonds is 9. The molecule has 1 rings (SSSR count). The van der Waals surface area contributed by atoms with Crippen molar-refractivity contribution < 1.29 is 9.59 Å². The monoisotopic (exact) mass is 386 g/mol. The molecule has 0 saturated heterocycles. The molecule has 0 atom stereocenters. The van der Waals surface area contributed by atoms with Gasteiger partial charge in [0, 0.05) is 12.0 Å². The van der Waals surface area contributed by atoms with Crippen molar-refractivity contribution in [1.82, 2.24) is 0 Å². The van der Waals surface area contributed by atoms with Crippen LogP contribution < -0.4 is 0 Å². The highest BCUT2D eigenvalue weighted by atomic mass is 35.5. The molecule has 0 heterocycles. The number of hydrogen-bond acceptors (Lipinski definition) is 2. The fraction of sp³-hybridized carbons (Fsp3) is 0.619. The van der Waals surface area contributed by atoms with Crippen LogP contribution in [0.1, 0.15) is 95.0 Å². The predicted molar refractivity (Wildman–Crippen MR) is 109 cm³/mol. The molecule has 0 aliphatic carbocycles. The molecule has 0 aliphatic rings. The number of halogens is 2. The second-order valence-corrected chi connectivity index (χ2v) is 8.09. The van der Waals surface area contributed by atoms with E-state index in [9.17, 15) is 9.59 Å². The van der Waals surface area contributed by atoms with Gasteiger partial charge in [0.15, 0.2) is 0 Å². The summed E-state index contributed by atoms with van der Waals surface area (Å²) in [4.78, 5) is 21.1. The minimum atomic E-state index is -0.402. The zero-order valence-corrected chi connectivity index (χ0v) is 17.6. The first kappa shape index (κ1) is 24.1. The molecule has 0 N–H and O–H groups in total. The van der Waals surface area contributed by atoms with Gasteiger partial charge < -0.3 is 0 Å². The summed E-state index contributed by atoms with van der Waals surface area (Å²) < 4.78 is 0. The van der Waals surface area contributed by atoms with E-state index in [-0.39, 0.29) is 10.7 Å². The van der Waals surface area contributed by atoms with Crippen LogP contribution in [0.25, 0.3) is 0 Å². The van der Waals surface area contributed by atoms with E-state index in [0.29, 0.717) is 12.0 Å². The van der Waals surface area contributed by atoms with E-state index in [2.05, 4.69) is 27.7 Å². The molecule has 0 aliphatic heterocycles. The van der Waals surface area contributed by atoms with Crippen LogP contribution in [0.3, 0.4) is 0 Å². The summed E-state index contributed by atoms with van der Waals surface area (Å²) >= 11 is 10.5. The lowest BCUT2D eigenvalue weighted by molar-refractivity contribution is -0.111. The van der Waals surface area contributed by atoms with Crippen LogP contribution in [0.5, 0.6) is 0 Å². The molecular formula is C21H32Cl2O2. The quantitative estimate of drug-likeness (QED) is 0.330. The number of hydrogen-bond donors (Lipinski definition) is 0. The highest BCUT2D eigenvalue weighted by Crippen LogP contribution is 2.22. The summed E-state index contributed by atoms with van der Waals surface area (Å²) in [7, 11) is 0. The Balaban J connectivity index is 0.000000463. The maximum absolute atomic E-state index is 10.8. The minimum Gasteiger partial charge on any atom is -0.281 e. The highest BCUT2D eigenvalue weighted by Gasteiger charge is 2.13. The van der Waals surface area contributed by atoms with Gasteiger partial charge >= 0.3 is 0 Å². The molecule has 0 bridgehead atoms. The third-order valence-electron chi connectivity index (χ3n) is 3.95. The predicted octanol–water partition coefficient (Wildman–Crippen LogP) is 7.26. The zero-order valence-electron chi connectivity index (χ0n) is 16.0. The third kappa shape index (κ3) is 13.1. The molecule has 142 valence electrons. The van der Waals surface area contributed by atoms with E-state index < -0.39 is 5.24 Å². The van der Waals surface area contributed by atoms with Gasteiger partial charge in [0.25, 0.3) is 5.24 Å². The molecule has 1 aromatic rings. The first-order valence-electron chi connectivity index (χ1n) is 9.17. The molecule has 0 amide bonds. The highest BCUT2D eigenvalue weighted by molar-refractivity contribution is 6.67. The standard InChI is InChI=1S/C11H13ClO.C10H19ClO/c1-11(2,3)9-6-4-8(5-7-9)10(12)13;1-2-3-4-5-6-7-8-9-10(11)12/h4-7H,1-3H3;2-9H2,1H3. The Bertz CT molecular complexity index is 502. The van der Waals surface area contributed by atoms with Gasteiger partial charge in [-0.25, -0.2) is 0 Å². The molecule has 0 unspecified atom stereocenters. The number of carbonyl (C=O) groups excluding carboxylic acids is 2. The second kappa shape index (κ2) is 13.4. The molecule has 4 heteroatoms. The van der Waals surface area contributed by atoms with Crippen LogP contribution in [0, 0.1) is 0 Å². The number of unbranched alkanes of at least 4 members (excludes halogenated alkanes) is 6. The Kier molecular flexibility index (Phi) is 12.9. The van der Waals surface area contributed by atoms with Crippen LogP contribution in [-0.4, -0.2) is 10.5 Å². The van der Waals surface area contributed by atoms with Gasteiger partial charge in [-0.15, -0.1) is 0 Å². The lowest BCUT2D eigenvalue weighted by atomic mass is 9.87. The smallest absolute Gasteiger partial charge is 0.252 e. The van der Waals surface area contributed by atoms with Crippen molar-refractivity contribution in [2.45, 2.75) is 84.5 Å². The van der Waals surface area contributed by atoms with Crippen molar-refractivity contribution in [2.75, 3.05) is 0 Å². The molecular weight excluding hydrogens is 355 g/mol. The van der Waals surface area contributed by atoms with E-state index in [1.54, 1.807) is 12.1 Å². The summed E-state index contributed by atoms with van der Waals surface area (Å²) in [5.74, 6) is 0. The molecule has 0 radical (unpaired) electrons. The molecule has 2 nitrogen and oxygen atoms in total. The van der Waals surface area contributed by atoms with E-state index in [1.807, 2.05) is 12.1 Å². The molecule has 0 saturated carbocycles.